The van der Waals surface area contributed by atoms with E-state index < -0.39 is 10.8 Å². The second kappa shape index (κ2) is 8.75. The first-order valence-corrected chi connectivity index (χ1v) is 9.87. The zero-order chi connectivity index (χ0) is 21.1. The smallest absolute Gasteiger partial charge is 0.358 e. The van der Waals surface area contributed by atoms with Crippen LogP contribution in [0.15, 0.2) is 41.0 Å². The fraction of sp³-hybridized carbons (Fsp3) is 0.278. The molecule has 0 fully saturated rings. The van der Waals surface area contributed by atoms with Crippen molar-refractivity contribution in [2.45, 2.75) is 26.9 Å². The number of nitrogens with zero attached hydrogens (tertiary/aromatic N) is 5. The van der Waals surface area contributed by atoms with E-state index in [0.29, 0.717) is 27.6 Å². The third kappa shape index (κ3) is 5.01. The topological polar surface area (TPSA) is 108 Å². The maximum absolute atomic E-state index is 12.6. The molecule has 0 aliphatic heterocycles. The average molecular weight is 482 g/mol. The highest BCUT2D eigenvalue weighted by Gasteiger charge is 2.22. The minimum atomic E-state index is -0.559. The number of halogens is 2. The molecule has 152 valence electrons. The zero-order valence-corrected chi connectivity index (χ0v) is 18.0. The first kappa shape index (κ1) is 21.0. The lowest BCUT2D eigenvalue weighted by Crippen LogP contribution is -2.25. The van der Waals surface area contributed by atoms with Crippen LogP contribution in [0, 0.1) is 23.0 Å². The fourth-order valence-corrected chi connectivity index (χ4v) is 3.32. The number of nitrogens with one attached hydrogen (secondary N) is 1. The van der Waals surface area contributed by atoms with Gasteiger partial charge in [0.2, 0.25) is 5.91 Å². The van der Waals surface area contributed by atoms with Crippen molar-refractivity contribution in [3.8, 4) is 0 Å². The Morgan fingerprint density at radius 2 is 2.10 bits per heavy atom. The Hall–Kier alpha value is -2.72. The predicted molar refractivity (Wildman–Crippen MR) is 112 cm³/mol. The van der Waals surface area contributed by atoms with E-state index in [1.165, 1.54) is 10.7 Å². The van der Waals surface area contributed by atoms with Crippen LogP contribution < -0.4 is 5.32 Å². The van der Waals surface area contributed by atoms with E-state index in [0.717, 1.165) is 5.56 Å². The summed E-state index contributed by atoms with van der Waals surface area (Å²) >= 11 is 9.59. The Morgan fingerprint density at radius 3 is 2.76 bits per heavy atom. The largest absolute Gasteiger partial charge is 0.390 e. The molecule has 1 amide bonds. The van der Waals surface area contributed by atoms with Gasteiger partial charge in [0.1, 0.15) is 0 Å². The van der Waals surface area contributed by atoms with E-state index in [9.17, 15) is 14.9 Å². The van der Waals surface area contributed by atoms with Crippen LogP contribution in [0.2, 0.25) is 5.02 Å². The maximum atomic E-state index is 12.6. The Kier molecular flexibility index (Phi) is 6.33. The average Bonchev–Trinajstić information content (AvgIpc) is 3.19. The molecule has 0 saturated heterocycles. The van der Waals surface area contributed by atoms with Crippen molar-refractivity contribution >= 4 is 45.1 Å². The number of carbonyl (C=O) groups is 1. The minimum Gasteiger partial charge on any atom is -0.358 e. The molecule has 1 N–H and O–H groups in total. The lowest BCUT2D eigenvalue weighted by Gasteiger charge is -2.10. The van der Waals surface area contributed by atoms with Crippen LogP contribution in [0.3, 0.4) is 0 Å². The summed E-state index contributed by atoms with van der Waals surface area (Å²) in [5, 5.41) is 22.6. The molecule has 0 spiro atoms. The van der Waals surface area contributed by atoms with E-state index >= 15 is 0 Å². The van der Waals surface area contributed by atoms with Crippen LogP contribution in [-0.4, -0.2) is 30.4 Å². The SMILES string of the molecule is Cc1cc([N+](=O)[O-])nn1CC(C)C(=O)Nc1nn(Cc2ccccc2Cl)cc1Br. The summed E-state index contributed by atoms with van der Waals surface area (Å²) in [6.07, 6.45) is 1.75. The van der Waals surface area contributed by atoms with Crippen molar-refractivity contribution < 1.29 is 9.72 Å². The molecular formula is C18H18BrClN6O3. The molecule has 2 heterocycles. The van der Waals surface area contributed by atoms with Crippen molar-refractivity contribution in [3.63, 3.8) is 0 Å². The van der Waals surface area contributed by atoms with Crippen LogP contribution in [-0.2, 0) is 17.9 Å². The molecule has 0 saturated carbocycles. The van der Waals surface area contributed by atoms with Crippen LogP contribution in [0.25, 0.3) is 0 Å². The summed E-state index contributed by atoms with van der Waals surface area (Å²) in [6, 6.07) is 8.84. The molecule has 0 bridgehead atoms. The number of anilines is 1. The second-order valence-electron chi connectivity index (χ2n) is 6.59. The number of aryl methyl sites for hydroxylation is 1. The monoisotopic (exact) mass is 480 g/mol. The zero-order valence-electron chi connectivity index (χ0n) is 15.7. The van der Waals surface area contributed by atoms with Gasteiger partial charge in [-0.1, -0.05) is 36.7 Å². The summed E-state index contributed by atoms with van der Waals surface area (Å²) in [4.78, 5) is 22.9. The Balaban J connectivity index is 1.66. The highest BCUT2D eigenvalue weighted by molar-refractivity contribution is 9.10. The quantitative estimate of drug-likeness (QED) is 0.405. The predicted octanol–water partition coefficient (Wildman–Crippen LogP) is 4.04. The molecule has 29 heavy (non-hydrogen) atoms. The van der Waals surface area contributed by atoms with Crippen LogP contribution in [0.5, 0.6) is 0 Å². The Labute approximate surface area is 179 Å². The summed E-state index contributed by atoms with van der Waals surface area (Å²) in [5.74, 6) is -0.603. The van der Waals surface area contributed by atoms with Gasteiger partial charge in [0.05, 0.1) is 40.3 Å². The van der Waals surface area contributed by atoms with Crippen molar-refractivity contribution in [1.29, 1.82) is 0 Å². The number of rotatable bonds is 7. The third-order valence-corrected chi connectivity index (χ3v) is 5.25. The van der Waals surface area contributed by atoms with Gasteiger partial charge in [-0.15, -0.1) is 0 Å². The summed E-state index contributed by atoms with van der Waals surface area (Å²) in [6.45, 7) is 4.10. The molecular weight excluding hydrogens is 464 g/mol. The van der Waals surface area contributed by atoms with Crippen molar-refractivity contribution in [2.75, 3.05) is 5.32 Å². The lowest BCUT2D eigenvalue weighted by atomic mass is 10.1. The van der Waals surface area contributed by atoms with Gasteiger partial charge in [-0.3, -0.25) is 9.48 Å². The number of benzene rings is 1. The number of amides is 1. The maximum Gasteiger partial charge on any atom is 0.390 e. The van der Waals surface area contributed by atoms with E-state index in [1.807, 2.05) is 18.2 Å². The molecule has 1 atom stereocenters. The summed E-state index contributed by atoms with van der Waals surface area (Å²) in [5.41, 5.74) is 1.52. The van der Waals surface area contributed by atoms with E-state index in [-0.39, 0.29) is 18.3 Å². The van der Waals surface area contributed by atoms with Gasteiger partial charge in [0.25, 0.3) is 0 Å². The first-order valence-electron chi connectivity index (χ1n) is 8.70. The van der Waals surface area contributed by atoms with Gasteiger partial charge < -0.3 is 15.4 Å². The van der Waals surface area contributed by atoms with Gasteiger partial charge in [-0.05, 0) is 39.4 Å². The van der Waals surface area contributed by atoms with Crippen LogP contribution in [0.1, 0.15) is 18.2 Å². The molecule has 1 aromatic carbocycles. The first-order chi connectivity index (χ1) is 13.7. The molecule has 9 nitrogen and oxygen atoms in total. The van der Waals surface area contributed by atoms with Gasteiger partial charge >= 0.3 is 5.82 Å². The van der Waals surface area contributed by atoms with Gasteiger partial charge in [-0.25, -0.2) is 0 Å². The van der Waals surface area contributed by atoms with Gasteiger partial charge in [0, 0.05) is 11.2 Å². The van der Waals surface area contributed by atoms with Crippen LogP contribution in [0.4, 0.5) is 11.6 Å². The second-order valence-corrected chi connectivity index (χ2v) is 7.85. The lowest BCUT2D eigenvalue weighted by molar-refractivity contribution is -0.389. The molecule has 0 aliphatic carbocycles. The Bertz CT molecular complexity index is 1060. The number of hydrogen-bond donors (Lipinski definition) is 1. The normalized spacial score (nSPS) is 12.0. The highest BCUT2D eigenvalue weighted by Crippen LogP contribution is 2.23. The standard InChI is InChI=1S/C18H18BrClN6O3/c1-11(8-25-12(2)7-16(22-25)26(28)29)18(27)21-17-14(19)10-24(23-17)9-13-5-3-4-6-15(13)20/h3-7,10-11H,8-9H2,1-2H3,(H,21,23,27). The Morgan fingerprint density at radius 1 is 1.38 bits per heavy atom. The number of carbonyl (C=O) groups excluding carboxylic acids is 1. The summed E-state index contributed by atoms with van der Waals surface area (Å²) in [7, 11) is 0. The number of aromatic nitrogens is 4. The van der Waals surface area contributed by atoms with E-state index in [1.54, 1.807) is 30.8 Å². The molecule has 0 radical (unpaired) electrons. The van der Waals surface area contributed by atoms with Gasteiger partial charge in [0.15, 0.2) is 5.82 Å². The van der Waals surface area contributed by atoms with Crippen LogP contribution >= 0.6 is 27.5 Å². The molecule has 3 aromatic rings. The minimum absolute atomic E-state index is 0.212. The van der Waals surface area contributed by atoms with Crippen molar-refractivity contribution in [2.24, 2.45) is 5.92 Å². The molecule has 3 rings (SSSR count). The molecule has 1 unspecified atom stereocenters. The van der Waals surface area contributed by atoms with E-state index in [4.69, 9.17) is 11.6 Å². The van der Waals surface area contributed by atoms with E-state index in [2.05, 4.69) is 31.4 Å². The molecule has 2 aromatic heterocycles. The van der Waals surface area contributed by atoms with Crippen molar-refractivity contribution in [1.82, 2.24) is 19.6 Å². The molecule has 0 aliphatic rings. The third-order valence-electron chi connectivity index (χ3n) is 4.30. The highest BCUT2D eigenvalue weighted by atomic mass is 79.9. The summed E-state index contributed by atoms with van der Waals surface area (Å²) < 4.78 is 3.76. The molecule has 11 heteroatoms. The fourth-order valence-electron chi connectivity index (χ4n) is 2.71. The number of nitro groups is 1. The number of hydrogen-bond acceptors (Lipinski definition) is 5. The van der Waals surface area contributed by atoms with Crippen molar-refractivity contribution in [3.05, 3.63) is 67.4 Å². The van der Waals surface area contributed by atoms with Gasteiger partial charge in [-0.2, -0.15) is 9.78 Å².